The molecule has 2 atom stereocenters. The molecule has 0 unspecified atom stereocenters. The van der Waals surface area contributed by atoms with Gasteiger partial charge in [-0.25, -0.2) is 0 Å². The molecule has 1 aromatic rings. The zero-order valence-electron chi connectivity index (χ0n) is 12.6. The van der Waals surface area contributed by atoms with E-state index in [1.165, 1.54) is 5.56 Å². The molecule has 0 spiro atoms. The Morgan fingerprint density at radius 2 is 1.81 bits per heavy atom. The lowest BCUT2D eigenvalue weighted by Crippen LogP contribution is -2.50. The Kier molecular flexibility index (Phi) is 7.90. The number of nitrogens with one attached hydrogen (secondary N) is 2. The molecular formula is C16H24N2O2S. The molecule has 4 nitrogen and oxygen atoms in total. The zero-order valence-corrected chi connectivity index (χ0v) is 13.5. The maximum absolute atomic E-state index is 12.2. The van der Waals surface area contributed by atoms with Crippen LogP contribution in [0.4, 0.5) is 0 Å². The third kappa shape index (κ3) is 6.21. The molecule has 21 heavy (non-hydrogen) atoms. The van der Waals surface area contributed by atoms with Gasteiger partial charge in [0.05, 0.1) is 0 Å². The van der Waals surface area contributed by atoms with E-state index in [2.05, 4.69) is 23.3 Å². The number of hydrogen-bond donors (Lipinski definition) is 3. The fourth-order valence-electron chi connectivity index (χ4n) is 1.99. The zero-order chi connectivity index (χ0) is 15.7. The fourth-order valence-corrected chi connectivity index (χ4v) is 2.25. The van der Waals surface area contributed by atoms with Crippen molar-refractivity contribution in [2.45, 2.75) is 45.2 Å². The lowest BCUT2D eigenvalue weighted by Gasteiger charge is -2.21. The minimum atomic E-state index is -0.578. The Labute approximate surface area is 132 Å². The maximum Gasteiger partial charge on any atom is 0.243 e. The fraction of sp³-hybridized carbons (Fsp3) is 0.500. The first-order valence-corrected chi connectivity index (χ1v) is 7.98. The van der Waals surface area contributed by atoms with Crippen LogP contribution in [0.3, 0.4) is 0 Å². The first-order chi connectivity index (χ1) is 10.1. The Hall–Kier alpha value is -1.49. The van der Waals surface area contributed by atoms with Crippen molar-refractivity contribution in [3.8, 4) is 0 Å². The second-order valence-electron chi connectivity index (χ2n) is 4.96. The molecule has 1 aromatic carbocycles. The third-order valence-corrected chi connectivity index (χ3v) is 3.68. The van der Waals surface area contributed by atoms with E-state index in [1.54, 1.807) is 6.92 Å². The van der Waals surface area contributed by atoms with Crippen LogP contribution in [-0.2, 0) is 16.0 Å². The number of carbonyl (C=O) groups excluding carboxylic acids is 2. The normalized spacial score (nSPS) is 13.3. The summed E-state index contributed by atoms with van der Waals surface area (Å²) in [6.45, 7) is 3.79. The molecule has 0 fully saturated rings. The molecule has 0 aliphatic rings. The van der Waals surface area contributed by atoms with Crippen molar-refractivity contribution in [1.82, 2.24) is 10.6 Å². The number of rotatable bonds is 8. The van der Waals surface area contributed by atoms with Crippen LogP contribution in [0.25, 0.3) is 0 Å². The highest BCUT2D eigenvalue weighted by atomic mass is 32.1. The van der Waals surface area contributed by atoms with Crippen molar-refractivity contribution in [1.29, 1.82) is 0 Å². The van der Waals surface area contributed by atoms with E-state index < -0.39 is 6.04 Å². The molecule has 0 bridgehead atoms. The standard InChI is InChI=1S/C16H24N2O2S/c1-3-13(10-12-8-6-5-7-9-12)17-16(20)14(11-21)18-15(19)4-2/h5-9,13-14,21H,3-4,10-11H2,1-2H3,(H,17,20)(H,18,19)/t13-,14+/m1/s1. The largest absolute Gasteiger partial charge is 0.351 e. The summed E-state index contributed by atoms with van der Waals surface area (Å²) >= 11 is 4.14. The van der Waals surface area contributed by atoms with Crippen LogP contribution < -0.4 is 10.6 Å². The molecule has 116 valence electrons. The molecule has 0 heterocycles. The molecule has 0 aliphatic carbocycles. The maximum atomic E-state index is 12.2. The summed E-state index contributed by atoms with van der Waals surface area (Å²) in [6, 6.07) is 9.52. The van der Waals surface area contributed by atoms with Gasteiger partial charge in [-0.1, -0.05) is 44.2 Å². The smallest absolute Gasteiger partial charge is 0.243 e. The predicted octanol–water partition coefficient (Wildman–Crippen LogP) is 1.95. The third-order valence-electron chi connectivity index (χ3n) is 3.32. The van der Waals surface area contributed by atoms with Crippen molar-refractivity contribution >= 4 is 24.4 Å². The molecule has 0 saturated heterocycles. The van der Waals surface area contributed by atoms with Gasteiger partial charge in [-0.05, 0) is 18.4 Å². The first-order valence-electron chi connectivity index (χ1n) is 7.35. The van der Waals surface area contributed by atoms with E-state index in [0.717, 1.165) is 12.8 Å². The van der Waals surface area contributed by atoms with Crippen LogP contribution >= 0.6 is 12.6 Å². The lowest BCUT2D eigenvalue weighted by molar-refractivity contribution is -0.128. The highest BCUT2D eigenvalue weighted by Crippen LogP contribution is 2.06. The van der Waals surface area contributed by atoms with Crippen LogP contribution in [-0.4, -0.2) is 29.7 Å². The van der Waals surface area contributed by atoms with Gasteiger partial charge < -0.3 is 10.6 Å². The summed E-state index contributed by atoms with van der Waals surface area (Å²) in [5.41, 5.74) is 1.18. The van der Waals surface area contributed by atoms with Crippen LogP contribution in [0, 0.1) is 0 Å². The van der Waals surface area contributed by atoms with Crippen LogP contribution in [0.5, 0.6) is 0 Å². The van der Waals surface area contributed by atoms with Crippen molar-refractivity contribution in [3.63, 3.8) is 0 Å². The first kappa shape index (κ1) is 17.6. The minimum Gasteiger partial charge on any atom is -0.351 e. The van der Waals surface area contributed by atoms with E-state index >= 15 is 0 Å². The number of hydrogen-bond acceptors (Lipinski definition) is 3. The Balaban J connectivity index is 2.58. The van der Waals surface area contributed by atoms with E-state index in [0.29, 0.717) is 12.2 Å². The van der Waals surface area contributed by atoms with E-state index in [1.807, 2.05) is 37.3 Å². The van der Waals surface area contributed by atoms with Gasteiger partial charge in [0.25, 0.3) is 0 Å². The highest BCUT2D eigenvalue weighted by molar-refractivity contribution is 7.80. The lowest BCUT2D eigenvalue weighted by atomic mass is 10.0. The molecule has 2 amide bonds. The second-order valence-corrected chi connectivity index (χ2v) is 5.32. The Morgan fingerprint density at radius 1 is 1.14 bits per heavy atom. The molecule has 1 rings (SSSR count). The van der Waals surface area contributed by atoms with Crippen LogP contribution in [0.1, 0.15) is 32.3 Å². The Morgan fingerprint density at radius 3 is 2.33 bits per heavy atom. The van der Waals surface area contributed by atoms with Gasteiger partial charge in [-0.15, -0.1) is 0 Å². The van der Waals surface area contributed by atoms with Gasteiger partial charge in [0.15, 0.2) is 0 Å². The molecule has 5 heteroatoms. The van der Waals surface area contributed by atoms with E-state index in [4.69, 9.17) is 0 Å². The number of thiol groups is 1. The van der Waals surface area contributed by atoms with Crippen molar-refractivity contribution < 1.29 is 9.59 Å². The summed E-state index contributed by atoms with van der Waals surface area (Å²) in [5.74, 6) is -0.0193. The number of amides is 2. The molecule has 0 saturated carbocycles. The topological polar surface area (TPSA) is 58.2 Å². The number of carbonyl (C=O) groups is 2. The highest BCUT2D eigenvalue weighted by Gasteiger charge is 2.21. The quantitative estimate of drug-likeness (QED) is 0.643. The Bertz CT molecular complexity index is 451. The van der Waals surface area contributed by atoms with Crippen LogP contribution in [0.2, 0.25) is 0 Å². The van der Waals surface area contributed by atoms with Crippen molar-refractivity contribution in [3.05, 3.63) is 35.9 Å². The molecule has 0 radical (unpaired) electrons. The molecule has 0 aliphatic heterocycles. The van der Waals surface area contributed by atoms with Gasteiger partial charge in [0, 0.05) is 18.2 Å². The average Bonchev–Trinajstić information content (AvgIpc) is 2.52. The summed E-state index contributed by atoms with van der Waals surface area (Å²) < 4.78 is 0. The predicted molar refractivity (Wildman–Crippen MR) is 88.4 cm³/mol. The summed E-state index contributed by atoms with van der Waals surface area (Å²) in [5, 5.41) is 5.68. The van der Waals surface area contributed by atoms with Crippen LogP contribution in [0.15, 0.2) is 30.3 Å². The summed E-state index contributed by atoms with van der Waals surface area (Å²) in [4.78, 5) is 23.6. The van der Waals surface area contributed by atoms with E-state index in [-0.39, 0.29) is 17.9 Å². The summed E-state index contributed by atoms with van der Waals surface area (Å²) in [7, 11) is 0. The number of benzene rings is 1. The average molecular weight is 308 g/mol. The minimum absolute atomic E-state index is 0.0563. The van der Waals surface area contributed by atoms with Gasteiger partial charge >= 0.3 is 0 Å². The monoisotopic (exact) mass is 308 g/mol. The molecule has 2 N–H and O–H groups in total. The van der Waals surface area contributed by atoms with Gasteiger partial charge in [-0.2, -0.15) is 12.6 Å². The van der Waals surface area contributed by atoms with Gasteiger partial charge in [0.1, 0.15) is 6.04 Å². The van der Waals surface area contributed by atoms with Crippen molar-refractivity contribution in [2.24, 2.45) is 0 Å². The summed E-state index contributed by atoms with van der Waals surface area (Å²) in [6.07, 6.45) is 1.98. The van der Waals surface area contributed by atoms with Crippen molar-refractivity contribution in [2.75, 3.05) is 5.75 Å². The molecule has 0 aromatic heterocycles. The molecular weight excluding hydrogens is 284 g/mol. The second kappa shape index (κ2) is 9.45. The van der Waals surface area contributed by atoms with Gasteiger partial charge in [-0.3, -0.25) is 9.59 Å². The SMILES string of the molecule is CCC(=O)N[C@@H](CS)C(=O)N[C@H](CC)Cc1ccccc1. The van der Waals surface area contributed by atoms with Gasteiger partial charge in [0.2, 0.25) is 11.8 Å². The van der Waals surface area contributed by atoms with E-state index in [9.17, 15) is 9.59 Å².